The molecule has 206 valence electrons. The maximum Gasteiger partial charge on any atom is 0.149 e. The van der Waals surface area contributed by atoms with Crippen molar-refractivity contribution in [2.24, 2.45) is 0 Å². The van der Waals surface area contributed by atoms with E-state index >= 15 is 0 Å². The summed E-state index contributed by atoms with van der Waals surface area (Å²) in [6.45, 7) is 4.11. The fourth-order valence-corrected chi connectivity index (χ4v) is 7.17. The summed E-state index contributed by atoms with van der Waals surface area (Å²) in [7, 11) is 6.76. The molecule has 1 N–H and O–H groups in total. The molecule has 0 aliphatic carbocycles. The van der Waals surface area contributed by atoms with Crippen molar-refractivity contribution in [3.8, 4) is 17.2 Å². The van der Waals surface area contributed by atoms with Crippen LogP contribution in [0, 0.1) is 0 Å². The number of hydrogen-bond acceptors (Lipinski definition) is 5. The van der Waals surface area contributed by atoms with E-state index < -0.39 is 7.92 Å². The van der Waals surface area contributed by atoms with Gasteiger partial charge in [-0.05, 0) is 78.9 Å². The monoisotopic (exact) mass is 552 g/mol. The zero-order chi connectivity index (χ0) is 28.4. The van der Waals surface area contributed by atoms with E-state index in [0.29, 0.717) is 0 Å². The van der Waals surface area contributed by atoms with Crippen molar-refractivity contribution in [1.29, 1.82) is 0 Å². The molecule has 0 saturated heterocycles. The second-order valence-electron chi connectivity index (χ2n) is 10.5. The summed E-state index contributed by atoms with van der Waals surface area (Å²) in [5, 5.41) is 18.5. The molecule has 0 amide bonds. The van der Waals surface area contributed by atoms with Crippen LogP contribution in [0.1, 0.15) is 13.8 Å². The Morgan fingerprint density at radius 3 is 1.43 bits per heavy atom. The van der Waals surface area contributed by atoms with E-state index in [0.717, 1.165) is 49.0 Å². The molecule has 6 heteroatoms. The Morgan fingerprint density at radius 2 is 0.975 bits per heavy atom. The highest BCUT2D eigenvalue weighted by atomic mass is 31.1. The van der Waals surface area contributed by atoms with Gasteiger partial charge in [-0.15, -0.1) is 0 Å². The number of phenolic OH excluding ortho intramolecular Hbond substituents is 1. The smallest absolute Gasteiger partial charge is 0.149 e. The molecule has 40 heavy (non-hydrogen) atoms. The maximum atomic E-state index is 11.3. The molecule has 0 aliphatic rings. The highest BCUT2D eigenvalue weighted by Crippen LogP contribution is 2.45. The van der Waals surface area contributed by atoms with Crippen molar-refractivity contribution in [3.05, 3.63) is 97.1 Å². The minimum absolute atomic E-state index is 0.160. The number of ether oxygens (including phenoxy) is 2. The van der Waals surface area contributed by atoms with Gasteiger partial charge in [0.1, 0.15) is 29.7 Å². The number of para-hydroxylation sites is 1. The van der Waals surface area contributed by atoms with Gasteiger partial charge in [0.05, 0.1) is 0 Å². The van der Waals surface area contributed by atoms with Gasteiger partial charge in [-0.3, -0.25) is 9.80 Å². The maximum absolute atomic E-state index is 11.3. The Morgan fingerprint density at radius 1 is 0.550 bits per heavy atom. The lowest BCUT2D eigenvalue weighted by Crippen LogP contribution is -2.34. The molecule has 0 bridgehead atoms. The number of nitrogens with zero attached hydrogens (tertiary/aromatic N) is 2. The number of fused-ring (bicyclic) bond motifs is 2. The molecule has 0 heterocycles. The van der Waals surface area contributed by atoms with Crippen LogP contribution in [-0.4, -0.2) is 55.6 Å². The largest absolute Gasteiger partial charge is 0.507 e. The lowest BCUT2D eigenvalue weighted by molar-refractivity contribution is 0.0840. The average molecular weight is 553 g/mol. The van der Waals surface area contributed by atoms with Crippen LogP contribution in [0.5, 0.6) is 17.2 Å². The molecule has 0 fully saturated rings. The SMILES string of the molecule is CC(Oc1c(P(c2ccccc2O)c2ccc3ccccc3c2OC(C)N(C)C)ccc2ccccc12)N(C)C. The van der Waals surface area contributed by atoms with Gasteiger partial charge < -0.3 is 14.6 Å². The van der Waals surface area contributed by atoms with E-state index in [2.05, 4.69) is 72.2 Å². The highest BCUT2D eigenvalue weighted by Gasteiger charge is 2.29. The molecule has 0 aromatic heterocycles. The molecular formula is C34H37N2O3P. The Labute approximate surface area is 238 Å². The number of rotatable bonds is 9. The van der Waals surface area contributed by atoms with E-state index in [1.54, 1.807) is 6.07 Å². The van der Waals surface area contributed by atoms with Gasteiger partial charge in [0, 0.05) is 26.7 Å². The van der Waals surface area contributed by atoms with E-state index in [4.69, 9.17) is 9.47 Å². The number of aromatic hydroxyl groups is 1. The molecular weight excluding hydrogens is 515 g/mol. The second kappa shape index (κ2) is 11.9. The molecule has 0 radical (unpaired) electrons. The summed E-state index contributed by atoms with van der Waals surface area (Å²) < 4.78 is 13.5. The van der Waals surface area contributed by atoms with Crippen LogP contribution in [0.2, 0.25) is 0 Å². The van der Waals surface area contributed by atoms with Gasteiger partial charge in [-0.25, -0.2) is 0 Å². The van der Waals surface area contributed by atoms with E-state index in [9.17, 15) is 5.11 Å². The van der Waals surface area contributed by atoms with Crippen molar-refractivity contribution in [2.45, 2.75) is 26.3 Å². The number of benzene rings is 5. The molecule has 2 unspecified atom stereocenters. The normalized spacial score (nSPS) is 14.0. The van der Waals surface area contributed by atoms with Gasteiger partial charge >= 0.3 is 0 Å². The summed E-state index contributed by atoms with van der Waals surface area (Å²) in [6.07, 6.45) is -0.321. The third kappa shape index (κ3) is 5.51. The number of phenols is 1. The van der Waals surface area contributed by atoms with Gasteiger partial charge in [0.15, 0.2) is 0 Å². The molecule has 5 nitrogen and oxygen atoms in total. The predicted octanol–water partition coefficient (Wildman–Crippen LogP) is 6.03. The van der Waals surface area contributed by atoms with Gasteiger partial charge in [-0.1, -0.05) is 78.9 Å². The quantitative estimate of drug-likeness (QED) is 0.179. The van der Waals surface area contributed by atoms with Crippen LogP contribution in [0.4, 0.5) is 0 Å². The van der Waals surface area contributed by atoms with E-state index in [1.807, 2.05) is 70.7 Å². The topological polar surface area (TPSA) is 45.2 Å². The molecule has 5 aromatic rings. The van der Waals surface area contributed by atoms with Gasteiger partial charge in [-0.2, -0.15) is 0 Å². The molecule has 0 saturated carbocycles. The van der Waals surface area contributed by atoms with Gasteiger partial charge in [0.25, 0.3) is 0 Å². The van der Waals surface area contributed by atoms with E-state index in [-0.39, 0.29) is 18.2 Å². The van der Waals surface area contributed by atoms with Crippen molar-refractivity contribution in [1.82, 2.24) is 9.80 Å². The Balaban J connectivity index is 1.85. The molecule has 2 atom stereocenters. The third-order valence-electron chi connectivity index (χ3n) is 7.35. The molecule has 0 aliphatic heterocycles. The Bertz CT molecular complexity index is 1540. The number of hydrogen-bond donors (Lipinski definition) is 1. The summed E-state index contributed by atoms with van der Waals surface area (Å²) in [5.41, 5.74) is 0. The van der Waals surface area contributed by atoms with Crippen LogP contribution < -0.4 is 25.4 Å². The summed E-state index contributed by atoms with van der Waals surface area (Å²) >= 11 is 0. The second-order valence-corrected chi connectivity index (χ2v) is 12.6. The standard InChI is InChI=1S/C34H37N2O3P/c1-23(35(3)4)38-33-27-15-9-7-13-25(27)19-21-31(33)40(30-18-12-11-17-29(30)37)32-22-20-26-14-8-10-16-28(26)34(32)39-24(2)36(5)6/h7-24,37H,1-6H3. The predicted molar refractivity (Wildman–Crippen MR) is 169 cm³/mol. The van der Waals surface area contributed by atoms with Crippen molar-refractivity contribution in [3.63, 3.8) is 0 Å². The molecule has 0 spiro atoms. The minimum Gasteiger partial charge on any atom is -0.507 e. The zero-order valence-electron chi connectivity index (χ0n) is 24.0. The fourth-order valence-electron chi connectivity index (χ4n) is 4.66. The van der Waals surface area contributed by atoms with Crippen LogP contribution in [0.3, 0.4) is 0 Å². The first-order chi connectivity index (χ1) is 19.3. The Kier molecular flexibility index (Phi) is 8.27. The van der Waals surface area contributed by atoms with Crippen molar-refractivity contribution < 1.29 is 14.6 Å². The van der Waals surface area contributed by atoms with Crippen LogP contribution >= 0.6 is 7.92 Å². The fraction of sp³-hybridized carbons (Fsp3) is 0.235. The van der Waals surface area contributed by atoms with Crippen molar-refractivity contribution in [2.75, 3.05) is 28.2 Å². The van der Waals surface area contributed by atoms with Crippen LogP contribution in [-0.2, 0) is 0 Å². The lowest BCUT2D eigenvalue weighted by Gasteiger charge is -2.30. The van der Waals surface area contributed by atoms with Crippen molar-refractivity contribution >= 4 is 45.4 Å². The highest BCUT2D eigenvalue weighted by molar-refractivity contribution is 7.80. The first-order valence-corrected chi connectivity index (χ1v) is 14.9. The first kappa shape index (κ1) is 27.9. The molecule has 5 aromatic carbocycles. The minimum atomic E-state index is -1.29. The average Bonchev–Trinajstić information content (AvgIpc) is 2.95. The first-order valence-electron chi connectivity index (χ1n) is 13.5. The van der Waals surface area contributed by atoms with Crippen LogP contribution in [0.15, 0.2) is 97.1 Å². The van der Waals surface area contributed by atoms with E-state index in [1.165, 1.54) is 0 Å². The molecule has 5 rings (SSSR count). The summed E-state index contributed by atoms with van der Waals surface area (Å²) in [4.78, 5) is 4.11. The summed E-state index contributed by atoms with van der Waals surface area (Å²) in [5.74, 6) is 1.91. The summed E-state index contributed by atoms with van der Waals surface area (Å²) in [6, 6.07) is 32.9. The Hall–Kier alpha value is -3.63. The zero-order valence-corrected chi connectivity index (χ0v) is 24.9. The van der Waals surface area contributed by atoms with Gasteiger partial charge in [0.2, 0.25) is 0 Å². The third-order valence-corrected chi connectivity index (χ3v) is 9.88. The van der Waals surface area contributed by atoms with Crippen LogP contribution in [0.25, 0.3) is 21.5 Å². The lowest BCUT2D eigenvalue weighted by atomic mass is 10.1.